The molecule has 214 valence electrons. The van der Waals surface area contributed by atoms with Crippen molar-refractivity contribution in [2.24, 2.45) is 25.4 Å². The number of amidine groups is 1. The number of ether oxygens (including phenoxy) is 1. The van der Waals surface area contributed by atoms with Crippen LogP contribution >= 0.6 is 0 Å². The van der Waals surface area contributed by atoms with Crippen LogP contribution in [0.5, 0.6) is 11.5 Å². The number of nitrogens with zero attached hydrogens (tertiary/aromatic N) is 5. The summed E-state index contributed by atoms with van der Waals surface area (Å²) < 4.78 is 37.1. The molecule has 0 spiro atoms. The van der Waals surface area contributed by atoms with Gasteiger partial charge in [-0.3, -0.25) is 4.55 Å². The first-order valence-corrected chi connectivity index (χ1v) is 13.2. The first-order valence-electron chi connectivity index (χ1n) is 11.8. The van der Waals surface area contributed by atoms with E-state index in [1.54, 1.807) is 30.3 Å². The first-order chi connectivity index (χ1) is 20.0. The summed E-state index contributed by atoms with van der Waals surface area (Å²) in [5.41, 5.74) is 1.33. The molecule has 0 bridgehead atoms. The minimum Gasteiger partial charge on any atom is -0.872 e. The van der Waals surface area contributed by atoms with Crippen LogP contribution in [-0.4, -0.2) is 37.2 Å². The van der Waals surface area contributed by atoms with E-state index in [-0.39, 0.29) is 86.8 Å². The zero-order valence-electron chi connectivity index (χ0n) is 23.6. The summed E-state index contributed by atoms with van der Waals surface area (Å²) in [6.07, 6.45) is 0. The maximum Gasteiger partial charge on any atom is 1.00 e. The van der Waals surface area contributed by atoms with Gasteiger partial charge < -0.3 is 30.2 Å². The van der Waals surface area contributed by atoms with E-state index in [0.717, 1.165) is 18.2 Å². The van der Waals surface area contributed by atoms with Crippen LogP contribution in [0.4, 0.5) is 34.1 Å². The predicted molar refractivity (Wildman–Crippen MR) is 148 cm³/mol. The summed E-state index contributed by atoms with van der Waals surface area (Å²) in [6.45, 7) is 0. The average molecular weight is 635 g/mol. The van der Waals surface area contributed by atoms with Gasteiger partial charge in [0.25, 0.3) is 16.1 Å². The molecule has 14 nitrogen and oxygen atoms in total. The van der Waals surface area contributed by atoms with E-state index in [1.807, 2.05) is 0 Å². The van der Waals surface area contributed by atoms with E-state index in [1.165, 1.54) is 43.5 Å². The molecular formula is C27H20N6Na2O8S. The number of carbonyl (C=O) groups is 1. The summed E-state index contributed by atoms with van der Waals surface area (Å²) in [5, 5.41) is 51.5. The second kappa shape index (κ2) is 16.4. The molecule has 4 aromatic carbocycles. The van der Waals surface area contributed by atoms with E-state index >= 15 is 0 Å². The van der Waals surface area contributed by atoms with Gasteiger partial charge in [-0.25, -0.2) is 0 Å². The molecule has 0 heterocycles. The Morgan fingerprint density at radius 1 is 0.818 bits per heavy atom. The van der Waals surface area contributed by atoms with Gasteiger partial charge in [0.2, 0.25) is 0 Å². The molecule has 0 saturated heterocycles. The van der Waals surface area contributed by atoms with Crippen molar-refractivity contribution in [2.45, 2.75) is 4.90 Å². The average Bonchev–Trinajstić information content (AvgIpc) is 2.96. The molecule has 17 heteroatoms. The molecule has 0 aliphatic rings. The SMILES string of the molecule is COc1cc(N=Nc2cccc(S(=O)(=O)O)c2)ccc1N=C(O)Nc1ccc(N=Nc2ccc([O-])c(C(=O)[O-])c2)cc1.[Na+].[Na+]. The van der Waals surface area contributed by atoms with Crippen molar-refractivity contribution >= 4 is 56.2 Å². The van der Waals surface area contributed by atoms with Crippen LogP contribution < -0.4 is 79.4 Å². The van der Waals surface area contributed by atoms with E-state index in [0.29, 0.717) is 17.1 Å². The minimum atomic E-state index is -4.38. The van der Waals surface area contributed by atoms with Crippen molar-refractivity contribution in [3.8, 4) is 11.5 Å². The van der Waals surface area contributed by atoms with Crippen LogP contribution in [0.1, 0.15) is 10.4 Å². The number of methoxy groups -OCH3 is 1. The molecule has 0 aromatic heterocycles. The molecule has 0 aliphatic heterocycles. The molecule has 0 atom stereocenters. The van der Waals surface area contributed by atoms with Gasteiger partial charge in [-0.05, 0) is 72.3 Å². The molecule has 0 unspecified atom stereocenters. The van der Waals surface area contributed by atoms with Crippen molar-refractivity contribution < 1.29 is 96.9 Å². The van der Waals surface area contributed by atoms with Crippen molar-refractivity contribution in [1.82, 2.24) is 0 Å². The maximum atomic E-state index is 11.5. The van der Waals surface area contributed by atoms with Crippen LogP contribution in [-0.2, 0) is 10.1 Å². The Kier molecular flexibility index (Phi) is 13.6. The number of hydrogen-bond acceptors (Lipinski definition) is 11. The molecular weight excluding hydrogens is 614 g/mol. The third-order valence-electron chi connectivity index (χ3n) is 5.37. The number of hydrogen-bond donors (Lipinski definition) is 3. The Morgan fingerprint density at radius 2 is 1.39 bits per heavy atom. The van der Waals surface area contributed by atoms with E-state index in [4.69, 9.17) is 4.74 Å². The summed E-state index contributed by atoms with van der Waals surface area (Å²) in [7, 11) is -2.98. The monoisotopic (exact) mass is 634 g/mol. The predicted octanol–water partition coefficient (Wildman–Crippen LogP) is -1.12. The van der Waals surface area contributed by atoms with Crippen LogP contribution in [0.25, 0.3) is 0 Å². The Bertz CT molecular complexity index is 1830. The molecule has 4 rings (SSSR count). The number of nitrogens with one attached hydrogen (secondary N) is 1. The third-order valence-corrected chi connectivity index (χ3v) is 6.22. The van der Waals surface area contributed by atoms with Crippen LogP contribution in [0.2, 0.25) is 0 Å². The zero-order valence-corrected chi connectivity index (χ0v) is 28.4. The molecule has 44 heavy (non-hydrogen) atoms. The maximum absolute atomic E-state index is 11.5. The second-order valence-corrected chi connectivity index (χ2v) is 9.73. The number of carbonyl (C=O) groups excluding carboxylic acids is 1. The van der Waals surface area contributed by atoms with Gasteiger partial charge in [0.15, 0.2) is 0 Å². The number of benzene rings is 4. The fraction of sp³-hybridized carbons (Fsp3) is 0.0370. The largest absolute Gasteiger partial charge is 1.00 e. The fourth-order valence-electron chi connectivity index (χ4n) is 3.38. The van der Waals surface area contributed by atoms with Crippen LogP contribution in [0.15, 0.2) is 115 Å². The zero-order chi connectivity index (χ0) is 30.3. The Hall–Kier alpha value is -3.67. The van der Waals surface area contributed by atoms with Crippen molar-refractivity contribution in [3.63, 3.8) is 0 Å². The smallest absolute Gasteiger partial charge is 0.872 e. The first kappa shape index (κ1) is 36.5. The fourth-order valence-corrected chi connectivity index (χ4v) is 3.90. The molecule has 3 N–H and O–H groups in total. The van der Waals surface area contributed by atoms with Crippen LogP contribution in [0.3, 0.4) is 0 Å². The second-order valence-electron chi connectivity index (χ2n) is 8.30. The van der Waals surface area contributed by atoms with E-state index in [9.17, 15) is 33.1 Å². The standard InChI is InChI=1S/C27H22N6O8S.2Na/c1-41-25-15-20(33-31-18-3-2-4-21(13-18)42(38,39)40)9-11-23(25)29-27(37)28-16-5-7-17(8-6-16)30-32-19-10-12-24(34)22(14-19)26(35)36;;/h2-15,34H,1H3,(H,35,36)(H2,28,29,37)(H,38,39,40);;/q;2*+1/p-2. The molecule has 0 aliphatic carbocycles. The number of rotatable bonds is 9. The van der Waals surface area contributed by atoms with Crippen molar-refractivity contribution in [3.05, 3.63) is 90.5 Å². The Balaban J connectivity index is 0.00000337. The van der Waals surface area contributed by atoms with Crippen molar-refractivity contribution in [2.75, 3.05) is 12.4 Å². The van der Waals surface area contributed by atoms with Gasteiger partial charge in [0.1, 0.15) is 11.4 Å². The number of carboxylic acids is 1. The normalized spacial score (nSPS) is 11.5. The molecule has 0 radical (unpaired) electrons. The summed E-state index contributed by atoms with van der Waals surface area (Å²) in [5.74, 6) is -2.03. The van der Waals surface area contributed by atoms with Gasteiger partial charge in [-0.2, -0.15) is 33.9 Å². The molecule has 0 amide bonds. The number of carboxylic acid groups (broad SMARTS) is 1. The number of anilines is 1. The summed E-state index contributed by atoms with van der Waals surface area (Å²) in [4.78, 5) is 14.8. The Morgan fingerprint density at radius 3 is 2.00 bits per heavy atom. The van der Waals surface area contributed by atoms with Gasteiger partial charge >= 0.3 is 59.1 Å². The van der Waals surface area contributed by atoms with Gasteiger partial charge in [0, 0.05) is 11.8 Å². The molecule has 4 aromatic rings. The number of aliphatic imine (C=N–C) groups is 1. The topological polar surface area (TPSA) is 221 Å². The summed E-state index contributed by atoms with van der Waals surface area (Å²) >= 11 is 0. The third kappa shape index (κ3) is 10.2. The number of azo groups is 2. The number of aliphatic hydroxyl groups excluding tert-OH is 1. The number of aliphatic hydroxyl groups is 1. The number of aromatic carboxylic acids is 1. The molecule has 0 saturated carbocycles. The summed E-state index contributed by atoms with van der Waals surface area (Å²) in [6, 6.07) is 19.2. The van der Waals surface area contributed by atoms with E-state index in [2.05, 4.69) is 30.8 Å². The van der Waals surface area contributed by atoms with Gasteiger partial charge in [-0.1, -0.05) is 17.9 Å². The molecule has 0 fully saturated rings. The van der Waals surface area contributed by atoms with Gasteiger partial charge in [0.05, 0.1) is 40.7 Å². The minimum absolute atomic E-state index is 0. The quantitative estimate of drug-likeness (QED) is 0.0666. The van der Waals surface area contributed by atoms with E-state index < -0.39 is 33.4 Å². The van der Waals surface area contributed by atoms with Gasteiger partial charge in [-0.15, -0.1) is 0 Å². The Labute approximate surface area is 295 Å². The van der Waals surface area contributed by atoms with Crippen molar-refractivity contribution in [1.29, 1.82) is 0 Å². The van der Waals surface area contributed by atoms with Crippen LogP contribution in [0, 0.1) is 0 Å².